The van der Waals surface area contributed by atoms with Gasteiger partial charge in [0.15, 0.2) is 0 Å². The average Bonchev–Trinajstić information content (AvgIpc) is 3.48. The molecule has 5 nitrogen and oxygen atoms in total. The number of amides is 1. The predicted octanol–water partition coefficient (Wildman–Crippen LogP) is 5.48. The number of aryl methyl sites for hydroxylation is 1. The maximum Gasteiger partial charge on any atom is 0.264 e. The van der Waals surface area contributed by atoms with Gasteiger partial charge in [0, 0.05) is 23.2 Å². The van der Waals surface area contributed by atoms with E-state index in [1.807, 2.05) is 65.0 Å². The molecular weight excluding hydrogens is 416 g/mol. The number of pyridine rings is 1. The van der Waals surface area contributed by atoms with Gasteiger partial charge < -0.3 is 4.90 Å². The summed E-state index contributed by atoms with van der Waals surface area (Å²) in [6, 6.07) is 15.7. The highest BCUT2D eigenvalue weighted by Crippen LogP contribution is 2.35. The molecule has 0 radical (unpaired) electrons. The van der Waals surface area contributed by atoms with Crippen LogP contribution in [0.15, 0.2) is 54.7 Å². The summed E-state index contributed by atoms with van der Waals surface area (Å²) in [6.45, 7) is 3.41. The monoisotopic (exact) mass is 436 g/mol. The maximum absolute atomic E-state index is 13.4. The van der Waals surface area contributed by atoms with Crippen molar-refractivity contribution < 1.29 is 4.79 Å². The Bertz CT molecular complexity index is 1200. The van der Waals surface area contributed by atoms with E-state index in [2.05, 4.69) is 10.1 Å². The van der Waals surface area contributed by atoms with Gasteiger partial charge in [-0.2, -0.15) is 5.10 Å². The van der Waals surface area contributed by atoms with Crippen LogP contribution in [0.3, 0.4) is 0 Å². The van der Waals surface area contributed by atoms with E-state index in [1.165, 1.54) is 11.3 Å². The predicted molar refractivity (Wildman–Crippen MR) is 120 cm³/mol. The third-order valence-corrected chi connectivity index (χ3v) is 7.00. The zero-order valence-electron chi connectivity index (χ0n) is 16.6. The zero-order valence-corrected chi connectivity index (χ0v) is 18.2. The van der Waals surface area contributed by atoms with E-state index < -0.39 is 0 Å². The van der Waals surface area contributed by atoms with Crippen LogP contribution in [-0.4, -0.2) is 32.1 Å². The third kappa shape index (κ3) is 3.50. The summed E-state index contributed by atoms with van der Waals surface area (Å²) in [7, 11) is 0. The molecule has 152 valence electrons. The first kappa shape index (κ1) is 19.3. The summed E-state index contributed by atoms with van der Waals surface area (Å²) < 4.78 is 1.98. The van der Waals surface area contributed by atoms with Crippen molar-refractivity contribution in [2.75, 3.05) is 6.54 Å². The van der Waals surface area contributed by atoms with E-state index in [-0.39, 0.29) is 11.9 Å². The molecule has 1 fully saturated rings. The Morgan fingerprint density at radius 3 is 2.83 bits per heavy atom. The molecule has 4 aromatic rings. The number of carbonyl (C=O) groups is 1. The number of nitrogens with zero attached hydrogens (tertiary/aromatic N) is 4. The van der Waals surface area contributed by atoms with Gasteiger partial charge in [-0.05, 0) is 55.7 Å². The molecule has 0 N–H and O–H groups in total. The lowest BCUT2D eigenvalue weighted by molar-refractivity contribution is 0.0738. The molecule has 0 bridgehead atoms. The second kappa shape index (κ2) is 7.85. The first-order chi connectivity index (χ1) is 14.6. The van der Waals surface area contributed by atoms with E-state index in [1.54, 1.807) is 6.20 Å². The summed E-state index contributed by atoms with van der Waals surface area (Å²) in [4.78, 5) is 21.6. The zero-order chi connectivity index (χ0) is 20.7. The van der Waals surface area contributed by atoms with Crippen LogP contribution in [0, 0.1) is 6.92 Å². The Labute approximate surface area is 183 Å². The molecule has 4 heterocycles. The van der Waals surface area contributed by atoms with E-state index in [0.717, 1.165) is 56.5 Å². The Morgan fingerprint density at radius 2 is 2.07 bits per heavy atom. The van der Waals surface area contributed by atoms with Crippen LogP contribution in [0.5, 0.6) is 0 Å². The molecule has 30 heavy (non-hydrogen) atoms. The molecule has 1 aliphatic heterocycles. The summed E-state index contributed by atoms with van der Waals surface area (Å²) in [5.74, 6) is 0.0850. The van der Waals surface area contributed by atoms with Gasteiger partial charge in [0.2, 0.25) is 0 Å². The average molecular weight is 437 g/mol. The highest BCUT2D eigenvalue weighted by molar-refractivity contribution is 7.20. The molecule has 3 aromatic heterocycles. The lowest BCUT2D eigenvalue weighted by Crippen LogP contribution is -2.30. The van der Waals surface area contributed by atoms with Crippen molar-refractivity contribution in [3.8, 4) is 0 Å². The Kier molecular flexibility index (Phi) is 5.05. The van der Waals surface area contributed by atoms with Crippen LogP contribution >= 0.6 is 22.9 Å². The number of benzene rings is 1. The van der Waals surface area contributed by atoms with Crippen molar-refractivity contribution in [3.05, 3.63) is 81.6 Å². The molecule has 0 aliphatic carbocycles. The van der Waals surface area contributed by atoms with Gasteiger partial charge in [0.25, 0.3) is 5.91 Å². The van der Waals surface area contributed by atoms with Gasteiger partial charge in [-0.15, -0.1) is 11.3 Å². The first-order valence-corrected chi connectivity index (χ1v) is 11.2. The van der Waals surface area contributed by atoms with Gasteiger partial charge in [-0.3, -0.25) is 14.5 Å². The van der Waals surface area contributed by atoms with Crippen LogP contribution in [0.25, 0.3) is 10.2 Å². The molecule has 1 aliphatic rings. The smallest absolute Gasteiger partial charge is 0.264 e. The van der Waals surface area contributed by atoms with Gasteiger partial charge in [-0.25, -0.2) is 0 Å². The number of fused-ring (bicyclic) bond motifs is 1. The van der Waals surface area contributed by atoms with Gasteiger partial charge in [0.05, 0.1) is 28.9 Å². The molecule has 1 amide bonds. The number of hydrogen-bond acceptors (Lipinski definition) is 4. The molecule has 0 saturated carbocycles. The van der Waals surface area contributed by atoms with Crippen LogP contribution in [-0.2, 0) is 6.54 Å². The van der Waals surface area contributed by atoms with Crippen LogP contribution < -0.4 is 0 Å². The summed E-state index contributed by atoms with van der Waals surface area (Å²) in [5, 5.41) is 6.45. The lowest BCUT2D eigenvalue weighted by atomic mass is 10.1. The minimum atomic E-state index is 0.0515. The van der Waals surface area contributed by atoms with Crippen molar-refractivity contribution in [1.29, 1.82) is 0 Å². The molecule has 5 rings (SSSR count). The summed E-state index contributed by atoms with van der Waals surface area (Å²) in [6.07, 6.45) is 3.75. The highest BCUT2D eigenvalue weighted by atomic mass is 35.5. The third-order valence-electron chi connectivity index (χ3n) is 5.61. The Hall–Kier alpha value is -2.70. The highest BCUT2D eigenvalue weighted by Gasteiger charge is 2.32. The summed E-state index contributed by atoms with van der Waals surface area (Å²) >= 11 is 7.53. The number of carbonyl (C=O) groups excluding carboxylic acids is 1. The fraction of sp³-hybridized carbons (Fsp3) is 0.261. The van der Waals surface area contributed by atoms with Gasteiger partial charge >= 0.3 is 0 Å². The molecule has 7 heteroatoms. The number of likely N-dealkylation sites (tertiary alicyclic amines) is 1. The van der Waals surface area contributed by atoms with Crippen molar-refractivity contribution in [2.45, 2.75) is 32.4 Å². The summed E-state index contributed by atoms with van der Waals surface area (Å²) in [5.41, 5.74) is 3.03. The second-order valence-electron chi connectivity index (χ2n) is 7.61. The topological polar surface area (TPSA) is 51.0 Å². The minimum Gasteiger partial charge on any atom is -0.329 e. The maximum atomic E-state index is 13.4. The van der Waals surface area contributed by atoms with Crippen LogP contribution in [0.2, 0.25) is 5.02 Å². The Balaban J connectivity index is 1.45. The normalized spacial score (nSPS) is 16.5. The van der Waals surface area contributed by atoms with Gasteiger partial charge in [-0.1, -0.05) is 29.8 Å². The van der Waals surface area contributed by atoms with Crippen molar-refractivity contribution in [2.24, 2.45) is 0 Å². The largest absolute Gasteiger partial charge is 0.329 e. The number of rotatable bonds is 4. The minimum absolute atomic E-state index is 0.0515. The molecule has 0 spiro atoms. The van der Waals surface area contributed by atoms with E-state index in [0.29, 0.717) is 6.54 Å². The van der Waals surface area contributed by atoms with Crippen LogP contribution in [0.4, 0.5) is 0 Å². The van der Waals surface area contributed by atoms with Crippen molar-refractivity contribution >= 4 is 39.1 Å². The quantitative estimate of drug-likeness (QED) is 0.425. The van der Waals surface area contributed by atoms with Crippen LogP contribution in [0.1, 0.15) is 45.5 Å². The van der Waals surface area contributed by atoms with E-state index in [4.69, 9.17) is 11.6 Å². The second-order valence-corrected chi connectivity index (χ2v) is 9.08. The molecule has 1 atom stereocenters. The van der Waals surface area contributed by atoms with Crippen molar-refractivity contribution in [3.63, 3.8) is 0 Å². The van der Waals surface area contributed by atoms with E-state index in [9.17, 15) is 4.79 Å². The fourth-order valence-corrected chi connectivity index (χ4v) is 5.36. The SMILES string of the molecule is Cc1nn(Cc2ccc(Cl)cc2)c2sc(C(=O)N3CCCC3c3ccccn3)cc12. The van der Waals surface area contributed by atoms with Crippen molar-refractivity contribution in [1.82, 2.24) is 19.7 Å². The first-order valence-electron chi connectivity index (χ1n) is 10.0. The van der Waals surface area contributed by atoms with Gasteiger partial charge in [0.1, 0.15) is 4.83 Å². The fourth-order valence-electron chi connectivity index (χ4n) is 4.12. The Morgan fingerprint density at radius 1 is 1.23 bits per heavy atom. The standard InChI is InChI=1S/C23H21ClN4OS/c1-15-18-13-21(22(29)27-12-4-6-20(27)19-5-2-3-11-25-19)30-23(18)28(26-15)14-16-7-9-17(24)10-8-16/h2-3,5,7-11,13,20H,4,6,12,14H2,1H3. The van der Waals surface area contributed by atoms with E-state index >= 15 is 0 Å². The molecule has 1 saturated heterocycles. The number of halogens is 1. The number of aromatic nitrogens is 3. The number of thiophene rings is 1. The molecule has 1 aromatic carbocycles. The molecule has 1 unspecified atom stereocenters. The lowest BCUT2D eigenvalue weighted by Gasteiger charge is -2.23. The molecular formula is C23H21ClN4OS. The number of hydrogen-bond donors (Lipinski definition) is 0.